The molecule has 0 saturated carbocycles. The molecule has 0 unspecified atom stereocenters. The average Bonchev–Trinajstić information content (AvgIpc) is 2.71. The molecule has 3 rings (SSSR count). The van der Waals surface area contributed by atoms with E-state index in [4.69, 9.17) is 9.57 Å². The second kappa shape index (κ2) is 8.58. The van der Waals surface area contributed by atoms with Gasteiger partial charge in [-0.05, 0) is 17.7 Å². The largest absolute Gasteiger partial charge is 0.444 e. The third-order valence-electron chi connectivity index (χ3n) is 3.53. The number of carbonyl (C=O) groups is 2. The molecular formula is C19H16N4O5. The zero-order valence-corrected chi connectivity index (χ0v) is 14.9. The molecule has 2 heterocycles. The van der Waals surface area contributed by atoms with Crippen LogP contribution in [0.25, 0.3) is 11.4 Å². The highest BCUT2D eigenvalue weighted by atomic mass is 16.7. The number of benzene rings is 1. The van der Waals surface area contributed by atoms with Crippen molar-refractivity contribution in [3.05, 3.63) is 77.0 Å². The summed E-state index contributed by atoms with van der Waals surface area (Å²) in [6, 6.07) is 12.3. The van der Waals surface area contributed by atoms with E-state index in [2.05, 4.69) is 15.3 Å². The molecule has 0 aliphatic rings. The summed E-state index contributed by atoms with van der Waals surface area (Å²) >= 11 is 0. The number of pyridine rings is 1. The zero-order chi connectivity index (χ0) is 19.9. The van der Waals surface area contributed by atoms with E-state index < -0.39 is 17.6 Å². The van der Waals surface area contributed by atoms with E-state index in [-0.39, 0.29) is 18.1 Å². The first-order chi connectivity index (χ1) is 13.5. The molecule has 0 aliphatic carbocycles. The fourth-order valence-corrected chi connectivity index (χ4v) is 2.30. The van der Waals surface area contributed by atoms with Crippen molar-refractivity contribution in [3.8, 4) is 11.4 Å². The highest BCUT2D eigenvalue weighted by Gasteiger charge is 2.17. The number of amides is 1. The van der Waals surface area contributed by atoms with Crippen molar-refractivity contribution in [3.63, 3.8) is 0 Å². The molecule has 0 saturated heterocycles. The summed E-state index contributed by atoms with van der Waals surface area (Å²) in [7, 11) is 0. The number of hydrogen-bond acceptors (Lipinski definition) is 7. The summed E-state index contributed by atoms with van der Waals surface area (Å²) in [5.41, 5.74) is 0.332. The standard InChI is InChI=1S/C19H16N4O5/c1-13(24)28-23-17(15-7-9-20-10-8-15)21-11-16(18(23)25)22-19(26)27-12-14-5-3-2-4-6-14/h2-11H,12H2,1H3,(H,22,26). The topological polar surface area (TPSA) is 112 Å². The van der Waals surface area contributed by atoms with Gasteiger partial charge in [0, 0.05) is 24.9 Å². The van der Waals surface area contributed by atoms with Crippen LogP contribution in [0.2, 0.25) is 0 Å². The second-order valence-electron chi connectivity index (χ2n) is 5.60. The minimum Gasteiger partial charge on any atom is -0.444 e. The normalized spacial score (nSPS) is 10.2. The SMILES string of the molecule is CC(=O)On1c(-c2ccncc2)ncc(NC(=O)OCc2ccccc2)c1=O. The molecular weight excluding hydrogens is 364 g/mol. The molecule has 0 atom stereocenters. The van der Waals surface area contributed by atoms with Gasteiger partial charge in [0.2, 0.25) is 0 Å². The van der Waals surface area contributed by atoms with Gasteiger partial charge >= 0.3 is 17.6 Å². The number of hydrogen-bond donors (Lipinski definition) is 1. The van der Waals surface area contributed by atoms with Crippen molar-refractivity contribution in [2.75, 3.05) is 5.32 Å². The first-order valence-corrected chi connectivity index (χ1v) is 8.23. The second-order valence-corrected chi connectivity index (χ2v) is 5.60. The Bertz CT molecular complexity index is 1040. The van der Waals surface area contributed by atoms with Crippen molar-refractivity contribution in [2.24, 2.45) is 0 Å². The Morgan fingerprint density at radius 2 is 1.82 bits per heavy atom. The van der Waals surface area contributed by atoms with Crippen LogP contribution in [0.5, 0.6) is 0 Å². The van der Waals surface area contributed by atoms with Crippen molar-refractivity contribution in [1.29, 1.82) is 0 Å². The lowest BCUT2D eigenvalue weighted by atomic mass is 10.2. The first kappa shape index (κ1) is 18.8. The van der Waals surface area contributed by atoms with E-state index in [1.165, 1.54) is 18.6 Å². The Hall–Kier alpha value is -4.01. The smallest absolute Gasteiger partial charge is 0.412 e. The summed E-state index contributed by atoms with van der Waals surface area (Å²) in [6.45, 7) is 1.18. The molecule has 0 fully saturated rings. The van der Waals surface area contributed by atoms with E-state index in [9.17, 15) is 14.4 Å². The maximum atomic E-state index is 12.7. The molecule has 1 aromatic carbocycles. The van der Waals surface area contributed by atoms with Crippen LogP contribution in [0.4, 0.5) is 10.5 Å². The number of nitrogens with one attached hydrogen (secondary N) is 1. The Morgan fingerprint density at radius 3 is 2.50 bits per heavy atom. The number of ether oxygens (including phenoxy) is 1. The number of carbonyl (C=O) groups excluding carboxylic acids is 2. The number of aromatic nitrogens is 3. The van der Waals surface area contributed by atoms with Gasteiger partial charge in [-0.15, -0.1) is 4.73 Å². The molecule has 3 aromatic rings. The number of rotatable bonds is 5. The third-order valence-corrected chi connectivity index (χ3v) is 3.53. The van der Waals surface area contributed by atoms with Gasteiger partial charge in [-0.1, -0.05) is 30.3 Å². The predicted molar refractivity (Wildman–Crippen MR) is 99.2 cm³/mol. The fourth-order valence-electron chi connectivity index (χ4n) is 2.30. The summed E-state index contributed by atoms with van der Waals surface area (Å²) in [5.74, 6) is -0.631. The fraction of sp³-hybridized carbons (Fsp3) is 0.105. The Kier molecular flexibility index (Phi) is 5.75. The highest BCUT2D eigenvalue weighted by molar-refractivity contribution is 5.84. The molecule has 0 spiro atoms. The maximum absolute atomic E-state index is 12.7. The van der Waals surface area contributed by atoms with Gasteiger partial charge in [0.1, 0.15) is 12.3 Å². The highest BCUT2D eigenvalue weighted by Crippen LogP contribution is 2.14. The summed E-state index contributed by atoms with van der Waals surface area (Å²) in [4.78, 5) is 49.1. The molecule has 9 nitrogen and oxygen atoms in total. The van der Waals surface area contributed by atoms with E-state index in [0.717, 1.165) is 12.5 Å². The molecule has 28 heavy (non-hydrogen) atoms. The minimum absolute atomic E-state index is 0.0351. The lowest BCUT2D eigenvalue weighted by Gasteiger charge is -2.12. The number of nitrogens with zero attached hydrogens (tertiary/aromatic N) is 3. The number of anilines is 1. The lowest BCUT2D eigenvalue weighted by molar-refractivity contribution is -0.141. The Balaban J connectivity index is 1.82. The lowest BCUT2D eigenvalue weighted by Crippen LogP contribution is -2.34. The van der Waals surface area contributed by atoms with Crippen LogP contribution in [0.1, 0.15) is 12.5 Å². The molecule has 0 radical (unpaired) electrons. The van der Waals surface area contributed by atoms with Crippen molar-refractivity contribution in [2.45, 2.75) is 13.5 Å². The van der Waals surface area contributed by atoms with Crippen LogP contribution in [-0.2, 0) is 16.1 Å². The van der Waals surface area contributed by atoms with Crippen LogP contribution in [0, 0.1) is 0 Å². The van der Waals surface area contributed by atoms with Gasteiger partial charge in [0.25, 0.3) is 0 Å². The van der Waals surface area contributed by atoms with Crippen LogP contribution in [0.15, 0.2) is 65.8 Å². The van der Waals surface area contributed by atoms with Gasteiger partial charge in [-0.2, -0.15) is 0 Å². The molecule has 0 bridgehead atoms. The Morgan fingerprint density at radius 1 is 1.11 bits per heavy atom. The van der Waals surface area contributed by atoms with E-state index in [1.807, 2.05) is 18.2 Å². The van der Waals surface area contributed by atoms with Crippen LogP contribution < -0.4 is 15.7 Å². The van der Waals surface area contributed by atoms with Gasteiger partial charge in [-0.25, -0.2) is 14.6 Å². The Labute approximate surface area is 159 Å². The summed E-state index contributed by atoms with van der Waals surface area (Å²) in [5, 5.41) is 2.31. The molecule has 9 heteroatoms. The van der Waals surface area contributed by atoms with Crippen molar-refractivity contribution < 1.29 is 19.2 Å². The maximum Gasteiger partial charge on any atom is 0.412 e. The van der Waals surface area contributed by atoms with Crippen LogP contribution >= 0.6 is 0 Å². The van der Waals surface area contributed by atoms with Crippen LogP contribution in [-0.4, -0.2) is 26.8 Å². The van der Waals surface area contributed by atoms with Gasteiger partial charge in [0.05, 0.1) is 6.20 Å². The summed E-state index contributed by atoms with van der Waals surface area (Å²) in [6.07, 6.45) is 3.34. The van der Waals surface area contributed by atoms with Crippen molar-refractivity contribution in [1.82, 2.24) is 14.7 Å². The minimum atomic E-state index is -0.839. The van der Waals surface area contributed by atoms with E-state index in [0.29, 0.717) is 10.3 Å². The molecule has 0 aliphatic heterocycles. The van der Waals surface area contributed by atoms with Crippen molar-refractivity contribution >= 4 is 17.7 Å². The zero-order valence-electron chi connectivity index (χ0n) is 14.9. The van der Waals surface area contributed by atoms with E-state index in [1.54, 1.807) is 24.3 Å². The molecule has 2 aromatic heterocycles. The molecule has 1 amide bonds. The van der Waals surface area contributed by atoms with E-state index >= 15 is 0 Å². The first-order valence-electron chi connectivity index (χ1n) is 8.23. The van der Waals surface area contributed by atoms with Gasteiger partial charge < -0.3 is 9.57 Å². The third kappa shape index (κ3) is 4.58. The predicted octanol–water partition coefficient (Wildman–Crippen LogP) is 2.03. The quantitative estimate of drug-likeness (QED) is 0.720. The summed E-state index contributed by atoms with van der Waals surface area (Å²) < 4.78 is 5.79. The van der Waals surface area contributed by atoms with Gasteiger partial charge in [0.15, 0.2) is 5.82 Å². The average molecular weight is 380 g/mol. The van der Waals surface area contributed by atoms with Gasteiger partial charge in [-0.3, -0.25) is 15.1 Å². The monoisotopic (exact) mass is 380 g/mol. The van der Waals surface area contributed by atoms with Crippen LogP contribution in [0.3, 0.4) is 0 Å². The molecule has 142 valence electrons. The molecule has 1 N–H and O–H groups in total.